The van der Waals surface area contributed by atoms with E-state index in [1.54, 1.807) is 22.7 Å². The van der Waals surface area contributed by atoms with Crippen molar-refractivity contribution in [3.05, 3.63) is 54.1 Å². The van der Waals surface area contributed by atoms with Gasteiger partial charge in [-0.05, 0) is 17.7 Å². The first-order valence-electron chi connectivity index (χ1n) is 5.36. The Balaban J connectivity index is 1.83. The number of aromatic nitrogens is 4. The van der Waals surface area contributed by atoms with Crippen LogP contribution in [0.5, 0.6) is 0 Å². The van der Waals surface area contributed by atoms with E-state index < -0.39 is 0 Å². The number of benzene rings is 1. The molecule has 0 aliphatic heterocycles. The standard InChI is InChI=1S/C12H9FN4S/c13-10-5-2-1-4-9(10)8-18-12-16-15-11-14-6-3-7-17(11)12/h1-7H,8H2. The molecule has 18 heavy (non-hydrogen) atoms. The molecular formula is C12H9FN4S. The van der Waals surface area contributed by atoms with Gasteiger partial charge in [0.15, 0.2) is 5.16 Å². The van der Waals surface area contributed by atoms with Crippen LogP contribution in [0.2, 0.25) is 0 Å². The van der Waals surface area contributed by atoms with Crippen molar-refractivity contribution in [2.75, 3.05) is 0 Å². The maximum atomic E-state index is 13.5. The van der Waals surface area contributed by atoms with Gasteiger partial charge >= 0.3 is 0 Å². The SMILES string of the molecule is Fc1ccccc1CSc1nnc2ncccn12. The molecule has 0 bridgehead atoms. The lowest BCUT2D eigenvalue weighted by Crippen LogP contribution is -1.91. The van der Waals surface area contributed by atoms with Crippen molar-refractivity contribution in [3.8, 4) is 0 Å². The molecule has 1 aromatic carbocycles. The third-order valence-corrected chi connectivity index (χ3v) is 3.46. The van der Waals surface area contributed by atoms with Crippen LogP contribution in [0.25, 0.3) is 5.78 Å². The summed E-state index contributed by atoms with van der Waals surface area (Å²) in [6.45, 7) is 0. The van der Waals surface area contributed by atoms with Gasteiger partial charge in [0, 0.05) is 18.1 Å². The zero-order valence-corrected chi connectivity index (χ0v) is 10.1. The van der Waals surface area contributed by atoms with Crippen LogP contribution in [0.1, 0.15) is 5.56 Å². The van der Waals surface area contributed by atoms with Crippen LogP contribution in [-0.2, 0) is 5.75 Å². The summed E-state index contributed by atoms with van der Waals surface area (Å²) in [6.07, 6.45) is 3.50. The van der Waals surface area contributed by atoms with Gasteiger partial charge in [0.05, 0.1) is 0 Å². The number of hydrogen-bond acceptors (Lipinski definition) is 4. The Labute approximate surface area is 107 Å². The quantitative estimate of drug-likeness (QED) is 0.679. The largest absolute Gasteiger partial charge is 0.261 e. The third-order valence-electron chi connectivity index (χ3n) is 2.47. The van der Waals surface area contributed by atoms with E-state index in [9.17, 15) is 4.39 Å². The van der Waals surface area contributed by atoms with E-state index in [0.29, 0.717) is 22.3 Å². The lowest BCUT2D eigenvalue weighted by atomic mass is 10.2. The minimum absolute atomic E-state index is 0.197. The summed E-state index contributed by atoms with van der Waals surface area (Å²) in [5, 5.41) is 8.68. The molecule has 3 rings (SSSR count). The van der Waals surface area contributed by atoms with Crippen LogP contribution >= 0.6 is 11.8 Å². The Hall–Kier alpha value is -1.95. The van der Waals surface area contributed by atoms with Crippen LogP contribution < -0.4 is 0 Å². The molecule has 2 heterocycles. The fourth-order valence-electron chi connectivity index (χ4n) is 1.58. The summed E-state index contributed by atoms with van der Waals surface area (Å²) < 4.78 is 15.2. The van der Waals surface area contributed by atoms with E-state index in [0.717, 1.165) is 0 Å². The number of halogens is 1. The highest BCUT2D eigenvalue weighted by Gasteiger charge is 2.08. The predicted molar refractivity (Wildman–Crippen MR) is 66.7 cm³/mol. The summed E-state index contributed by atoms with van der Waals surface area (Å²) in [4.78, 5) is 4.08. The van der Waals surface area contributed by atoms with Crippen molar-refractivity contribution in [2.45, 2.75) is 10.9 Å². The zero-order chi connectivity index (χ0) is 12.4. The average molecular weight is 260 g/mol. The number of nitrogens with zero attached hydrogens (tertiary/aromatic N) is 4. The van der Waals surface area contributed by atoms with Crippen LogP contribution in [0.3, 0.4) is 0 Å². The fourth-order valence-corrected chi connectivity index (χ4v) is 2.48. The second-order valence-corrected chi connectivity index (χ2v) is 4.59. The molecule has 0 aliphatic carbocycles. The number of fused-ring (bicyclic) bond motifs is 1. The summed E-state index contributed by atoms with van der Waals surface area (Å²) in [7, 11) is 0. The monoisotopic (exact) mass is 260 g/mol. The van der Waals surface area contributed by atoms with Crippen molar-refractivity contribution in [1.29, 1.82) is 0 Å². The molecule has 3 aromatic rings. The van der Waals surface area contributed by atoms with Gasteiger partial charge in [0.1, 0.15) is 5.82 Å². The van der Waals surface area contributed by atoms with Crippen molar-refractivity contribution in [3.63, 3.8) is 0 Å². The second-order valence-electron chi connectivity index (χ2n) is 3.65. The normalized spacial score (nSPS) is 10.9. The van der Waals surface area contributed by atoms with Gasteiger partial charge in [-0.25, -0.2) is 9.37 Å². The summed E-state index contributed by atoms with van der Waals surface area (Å²) in [5.74, 6) is 0.869. The molecule has 0 N–H and O–H groups in total. The van der Waals surface area contributed by atoms with Crippen molar-refractivity contribution in [2.24, 2.45) is 0 Å². The van der Waals surface area contributed by atoms with Gasteiger partial charge in [0.2, 0.25) is 0 Å². The molecule has 0 atom stereocenters. The van der Waals surface area contributed by atoms with E-state index in [1.807, 2.05) is 18.3 Å². The van der Waals surface area contributed by atoms with Crippen LogP contribution in [0.4, 0.5) is 4.39 Å². The lowest BCUT2D eigenvalue weighted by Gasteiger charge is -2.01. The van der Waals surface area contributed by atoms with Gasteiger partial charge < -0.3 is 0 Å². The first-order valence-corrected chi connectivity index (χ1v) is 6.35. The molecule has 90 valence electrons. The highest BCUT2D eigenvalue weighted by molar-refractivity contribution is 7.98. The zero-order valence-electron chi connectivity index (χ0n) is 9.32. The molecule has 6 heteroatoms. The smallest absolute Gasteiger partial charge is 0.255 e. The van der Waals surface area contributed by atoms with Crippen LogP contribution in [0.15, 0.2) is 47.9 Å². The van der Waals surface area contributed by atoms with E-state index in [-0.39, 0.29) is 5.82 Å². The first kappa shape index (κ1) is 11.2. The molecule has 0 spiro atoms. The Bertz CT molecular complexity index is 682. The van der Waals surface area contributed by atoms with Gasteiger partial charge in [-0.3, -0.25) is 4.40 Å². The van der Waals surface area contributed by atoms with Crippen molar-refractivity contribution >= 4 is 17.5 Å². The molecule has 0 saturated heterocycles. The van der Waals surface area contributed by atoms with Gasteiger partial charge in [0.25, 0.3) is 5.78 Å². The molecule has 0 fully saturated rings. The molecular weight excluding hydrogens is 251 g/mol. The first-order chi connectivity index (χ1) is 8.84. The van der Waals surface area contributed by atoms with E-state index in [2.05, 4.69) is 15.2 Å². The second kappa shape index (κ2) is 4.73. The van der Waals surface area contributed by atoms with E-state index in [4.69, 9.17) is 0 Å². The molecule has 2 aromatic heterocycles. The Morgan fingerprint density at radius 1 is 1.17 bits per heavy atom. The molecule has 0 amide bonds. The van der Waals surface area contributed by atoms with Gasteiger partial charge in [-0.15, -0.1) is 10.2 Å². The Morgan fingerprint density at radius 2 is 2.06 bits per heavy atom. The average Bonchev–Trinajstić information content (AvgIpc) is 2.81. The molecule has 0 saturated carbocycles. The van der Waals surface area contributed by atoms with Crippen molar-refractivity contribution < 1.29 is 4.39 Å². The molecule has 0 unspecified atom stereocenters. The van der Waals surface area contributed by atoms with Gasteiger partial charge in [-0.2, -0.15) is 0 Å². The van der Waals surface area contributed by atoms with Crippen molar-refractivity contribution in [1.82, 2.24) is 19.6 Å². The molecule has 4 nitrogen and oxygen atoms in total. The maximum absolute atomic E-state index is 13.5. The minimum atomic E-state index is -0.197. The summed E-state index contributed by atoms with van der Waals surface area (Å²) in [6, 6.07) is 8.54. The summed E-state index contributed by atoms with van der Waals surface area (Å²) in [5.41, 5.74) is 0.656. The number of hydrogen-bond donors (Lipinski definition) is 0. The lowest BCUT2D eigenvalue weighted by molar-refractivity contribution is 0.617. The number of thioether (sulfide) groups is 1. The minimum Gasteiger partial charge on any atom is -0.261 e. The predicted octanol–water partition coefficient (Wildman–Crippen LogP) is 2.56. The van der Waals surface area contributed by atoms with E-state index in [1.165, 1.54) is 17.8 Å². The third kappa shape index (κ3) is 2.06. The highest BCUT2D eigenvalue weighted by Crippen LogP contribution is 2.22. The highest BCUT2D eigenvalue weighted by atomic mass is 32.2. The maximum Gasteiger partial charge on any atom is 0.255 e. The fraction of sp³-hybridized carbons (Fsp3) is 0.0833. The summed E-state index contributed by atoms with van der Waals surface area (Å²) >= 11 is 1.43. The number of rotatable bonds is 3. The van der Waals surface area contributed by atoms with Crippen LogP contribution in [-0.4, -0.2) is 19.6 Å². The molecule has 0 radical (unpaired) electrons. The van der Waals surface area contributed by atoms with E-state index >= 15 is 0 Å². The Kier molecular flexibility index (Phi) is 2.93. The van der Waals surface area contributed by atoms with Crippen LogP contribution in [0, 0.1) is 5.82 Å². The topological polar surface area (TPSA) is 43.1 Å². The Morgan fingerprint density at radius 3 is 2.94 bits per heavy atom. The molecule has 0 aliphatic rings. The van der Waals surface area contributed by atoms with Gasteiger partial charge in [-0.1, -0.05) is 30.0 Å².